The minimum Gasteiger partial charge on any atom is -0.405 e. The third kappa shape index (κ3) is 3.86. The summed E-state index contributed by atoms with van der Waals surface area (Å²) in [7, 11) is 0. The summed E-state index contributed by atoms with van der Waals surface area (Å²) < 4.78 is 24.6. The van der Waals surface area contributed by atoms with Gasteiger partial charge in [0.2, 0.25) is 0 Å². The number of ether oxygens (including phenoxy) is 2. The summed E-state index contributed by atoms with van der Waals surface area (Å²) in [6, 6.07) is 12.8. The van der Waals surface area contributed by atoms with Crippen molar-refractivity contribution in [3.63, 3.8) is 0 Å². The van der Waals surface area contributed by atoms with Crippen molar-refractivity contribution in [3.05, 3.63) is 77.6 Å². The minimum atomic E-state index is -1.33. The number of allylic oxidation sites excluding steroid dienone is 1. The van der Waals surface area contributed by atoms with E-state index in [9.17, 15) is 14.0 Å². The highest BCUT2D eigenvalue weighted by Gasteiger charge is 2.47. The van der Waals surface area contributed by atoms with E-state index < -0.39 is 17.8 Å². The van der Waals surface area contributed by atoms with E-state index in [0.29, 0.717) is 19.5 Å². The number of rotatable bonds is 4. The molecule has 2 heterocycles. The number of likely N-dealkylation sites (tertiary alicyclic amines) is 1. The number of piperidine rings is 1. The van der Waals surface area contributed by atoms with E-state index in [-0.39, 0.29) is 5.82 Å². The van der Waals surface area contributed by atoms with Crippen LogP contribution in [0.2, 0.25) is 0 Å². The maximum atomic E-state index is 13.4. The Bertz CT molecular complexity index is 1100. The standard InChI is InChI=1S/C26H24FNO4/c27-20-9-6-18(7-10-20)21-4-3-5-22-19(8-11-23(21)22)14-17-28-16-2-1-15-26(28)31-24(29)12-13-25(30)32-26/h3-10,12-13H,1-2,11,14-17H2. The van der Waals surface area contributed by atoms with Crippen molar-refractivity contribution in [3.8, 4) is 11.1 Å². The maximum Gasteiger partial charge on any atom is 0.335 e. The molecule has 6 heteroatoms. The Morgan fingerprint density at radius 1 is 0.938 bits per heavy atom. The lowest BCUT2D eigenvalue weighted by atomic mass is 9.94. The molecule has 2 aromatic carbocycles. The molecule has 0 radical (unpaired) electrons. The van der Waals surface area contributed by atoms with Gasteiger partial charge in [-0.15, -0.1) is 0 Å². The largest absolute Gasteiger partial charge is 0.405 e. The summed E-state index contributed by atoms with van der Waals surface area (Å²) in [6.07, 6.45) is 8.27. The zero-order chi connectivity index (χ0) is 22.1. The van der Waals surface area contributed by atoms with Crippen molar-refractivity contribution in [1.29, 1.82) is 0 Å². The van der Waals surface area contributed by atoms with Crippen molar-refractivity contribution in [1.82, 2.24) is 4.90 Å². The molecule has 0 amide bonds. The second-order valence-corrected chi connectivity index (χ2v) is 8.35. The van der Waals surface area contributed by atoms with Crippen molar-refractivity contribution in [2.75, 3.05) is 13.1 Å². The fourth-order valence-corrected chi connectivity index (χ4v) is 4.87. The van der Waals surface area contributed by atoms with Crippen LogP contribution in [0.1, 0.15) is 36.8 Å². The van der Waals surface area contributed by atoms with Crippen molar-refractivity contribution >= 4 is 17.5 Å². The highest BCUT2D eigenvalue weighted by Crippen LogP contribution is 2.38. The van der Waals surface area contributed by atoms with Crippen molar-refractivity contribution in [2.45, 2.75) is 38.0 Å². The summed E-state index contributed by atoms with van der Waals surface area (Å²) in [5.74, 6) is -2.69. The first-order valence-electron chi connectivity index (χ1n) is 11.0. The zero-order valence-corrected chi connectivity index (χ0v) is 17.7. The molecule has 0 saturated carbocycles. The molecule has 0 N–H and O–H groups in total. The van der Waals surface area contributed by atoms with Crippen LogP contribution in [-0.4, -0.2) is 35.8 Å². The van der Waals surface area contributed by atoms with Crippen LogP contribution in [0.5, 0.6) is 0 Å². The zero-order valence-electron chi connectivity index (χ0n) is 17.7. The molecule has 1 spiro atoms. The molecule has 1 fully saturated rings. The van der Waals surface area contributed by atoms with Gasteiger partial charge in [-0.3, -0.25) is 0 Å². The number of esters is 2. The summed E-state index contributed by atoms with van der Waals surface area (Å²) >= 11 is 0. The third-order valence-electron chi connectivity index (χ3n) is 6.41. The van der Waals surface area contributed by atoms with Gasteiger partial charge in [-0.1, -0.05) is 36.4 Å². The SMILES string of the molecule is O=C1C=CC(=O)OC2(CCCCN2CCC2=CCc3c2cccc3-c2ccc(F)cc2)O1. The third-order valence-corrected chi connectivity index (χ3v) is 6.41. The monoisotopic (exact) mass is 433 g/mol. The van der Waals surface area contributed by atoms with Gasteiger partial charge in [-0.25, -0.2) is 18.9 Å². The van der Waals surface area contributed by atoms with E-state index in [2.05, 4.69) is 18.2 Å². The molecular formula is C26H24FNO4. The van der Waals surface area contributed by atoms with Gasteiger partial charge in [-0.2, -0.15) is 0 Å². The van der Waals surface area contributed by atoms with Crippen LogP contribution in [0, 0.1) is 5.82 Å². The summed E-state index contributed by atoms with van der Waals surface area (Å²) in [6.45, 7) is 1.29. The van der Waals surface area contributed by atoms with Gasteiger partial charge in [0.05, 0.1) is 0 Å². The number of hydrogen-bond acceptors (Lipinski definition) is 5. The topological polar surface area (TPSA) is 55.8 Å². The predicted molar refractivity (Wildman–Crippen MR) is 118 cm³/mol. The normalized spacial score (nSPS) is 19.8. The average molecular weight is 433 g/mol. The summed E-state index contributed by atoms with van der Waals surface area (Å²) in [5.41, 5.74) is 5.75. The summed E-state index contributed by atoms with van der Waals surface area (Å²) in [5, 5.41) is 0. The van der Waals surface area contributed by atoms with Gasteiger partial charge in [0.25, 0.3) is 0 Å². The van der Waals surface area contributed by atoms with Crippen LogP contribution >= 0.6 is 0 Å². The van der Waals surface area contributed by atoms with E-state index in [4.69, 9.17) is 9.47 Å². The molecule has 1 saturated heterocycles. The van der Waals surface area contributed by atoms with Gasteiger partial charge < -0.3 is 9.47 Å². The molecule has 5 rings (SSSR count). The first kappa shape index (κ1) is 20.6. The van der Waals surface area contributed by atoms with E-state index in [1.165, 1.54) is 28.8 Å². The Morgan fingerprint density at radius 3 is 2.41 bits per heavy atom. The van der Waals surface area contributed by atoms with Crippen molar-refractivity contribution < 1.29 is 23.5 Å². The first-order chi connectivity index (χ1) is 15.5. The van der Waals surface area contributed by atoms with Crippen LogP contribution in [0.15, 0.2) is 60.7 Å². The molecule has 1 aliphatic carbocycles. The molecule has 2 aliphatic heterocycles. The lowest BCUT2D eigenvalue weighted by Crippen LogP contribution is -2.56. The number of hydrogen-bond donors (Lipinski definition) is 0. The fourth-order valence-electron chi connectivity index (χ4n) is 4.87. The van der Waals surface area contributed by atoms with Gasteiger partial charge in [-0.05, 0) is 65.6 Å². The number of carbonyl (C=O) groups excluding carboxylic acids is 2. The number of carbonyl (C=O) groups is 2. The number of fused-ring (bicyclic) bond motifs is 1. The Balaban J connectivity index is 1.35. The molecule has 0 aromatic heterocycles. The lowest BCUT2D eigenvalue weighted by Gasteiger charge is -2.43. The van der Waals surface area contributed by atoms with Gasteiger partial charge >= 0.3 is 17.8 Å². The first-order valence-corrected chi connectivity index (χ1v) is 11.0. The molecular weight excluding hydrogens is 409 g/mol. The number of benzene rings is 2. The molecule has 164 valence electrons. The maximum absolute atomic E-state index is 13.4. The van der Waals surface area contributed by atoms with E-state index in [1.54, 1.807) is 0 Å². The Hall–Kier alpha value is -3.25. The van der Waals surface area contributed by atoms with E-state index in [1.807, 2.05) is 23.1 Å². The Labute approximate surface area is 186 Å². The van der Waals surface area contributed by atoms with Gasteiger partial charge in [0, 0.05) is 31.7 Å². The molecule has 32 heavy (non-hydrogen) atoms. The van der Waals surface area contributed by atoms with Crippen LogP contribution < -0.4 is 0 Å². The van der Waals surface area contributed by atoms with Gasteiger partial charge in [0.15, 0.2) is 0 Å². The molecule has 0 bridgehead atoms. The second kappa shape index (κ2) is 8.36. The summed E-state index contributed by atoms with van der Waals surface area (Å²) in [4.78, 5) is 26.1. The molecule has 3 aliphatic rings. The second-order valence-electron chi connectivity index (χ2n) is 8.35. The Morgan fingerprint density at radius 2 is 1.66 bits per heavy atom. The average Bonchev–Trinajstić information content (AvgIpc) is 3.14. The highest BCUT2D eigenvalue weighted by molar-refractivity contribution is 5.93. The quantitative estimate of drug-likeness (QED) is 0.659. The van der Waals surface area contributed by atoms with Crippen LogP contribution in [0.3, 0.4) is 0 Å². The molecule has 5 nitrogen and oxygen atoms in total. The van der Waals surface area contributed by atoms with Crippen LogP contribution in [0.4, 0.5) is 4.39 Å². The number of nitrogens with zero attached hydrogens (tertiary/aromatic N) is 1. The predicted octanol–water partition coefficient (Wildman–Crippen LogP) is 4.62. The van der Waals surface area contributed by atoms with Crippen molar-refractivity contribution in [2.24, 2.45) is 0 Å². The van der Waals surface area contributed by atoms with Crippen LogP contribution in [-0.2, 0) is 25.5 Å². The minimum absolute atomic E-state index is 0.245. The van der Waals surface area contributed by atoms with Gasteiger partial charge in [0.1, 0.15) is 5.82 Å². The highest BCUT2D eigenvalue weighted by atomic mass is 19.1. The molecule has 0 unspecified atom stereocenters. The van der Waals surface area contributed by atoms with E-state index >= 15 is 0 Å². The number of halogens is 1. The van der Waals surface area contributed by atoms with E-state index in [0.717, 1.165) is 49.0 Å². The fraction of sp³-hybridized carbons (Fsp3) is 0.308. The lowest BCUT2D eigenvalue weighted by molar-refractivity contribution is -0.293. The Kier molecular flexibility index (Phi) is 5.39. The molecule has 0 atom stereocenters. The smallest absolute Gasteiger partial charge is 0.335 e. The molecule has 2 aromatic rings. The van der Waals surface area contributed by atoms with Crippen LogP contribution in [0.25, 0.3) is 16.7 Å².